The van der Waals surface area contributed by atoms with E-state index in [4.69, 9.17) is 10.9 Å². The molecule has 2 heterocycles. The molecule has 6 nitrogen and oxygen atoms in total. The molecule has 1 atom stereocenters. The highest BCUT2D eigenvalue weighted by Crippen LogP contribution is 2.22. The van der Waals surface area contributed by atoms with Crippen molar-refractivity contribution in [2.75, 3.05) is 18.6 Å². The maximum Gasteiger partial charge on any atom is 0.158 e. The average molecular weight is 251 g/mol. The molecule has 0 amide bonds. The van der Waals surface area contributed by atoms with Crippen LogP contribution in [0.4, 0.5) is 5.82 Å². The van der Waals surface area contributed by atoms with E-state index in [0.29, 0.717) is 11.9 Å². The van der Waals surface area contributed by atoms with Crippen LogP contribution in [0.2, 0.25) is 0 Å². The first-order chi connectivity index (χ1) is 8.83. The predicted octanol–water partition coefficient (Wildman–Crippen LogP) is 0.499. The molecule has 1 aliphatic rings. The van der Waals surface area contributed by atoms with Crippen molar-refractivity contribution in [3.05, 3.63) is 18.1 Å². The lowest BCUT2D eigenvalue weighted by Gasteiger charge is -2.23. The van der Waals surface area contributed by atoms with Gasteiger partial charge in [0.1, 0.15) is 0 Å². The molecule has 0 aromatic carbocycles. The minimum atomic E-state index is 0.279. The van der Waals surface area contributed by atoms with Crippen molar-refractivity contribution in [3.8, 4) is 0 Å². The van der Waals surface area contributed by atoms with Crippen molar-refractivity contribution >= 4 is 5.82 Å². The van der Waals surface area contributed by atoms with Gasteiger partial charge < -0.3 is 10.5 Å². The van der Waals surface area contributed by atoms with Crippen LogP contribution in [-0.4, -0.2) is 39.2 Å². The number of hydrogen-bond acceptors (Lipinski definition) is 6. The molecule has 1 aromatic rings. The van der Waals surface area contributed by atoms with E-state index in [1.54, 1.807) is 12.4 Å². The van der Waals surface area contributed by atoms with Crippen LogP contribution in [0.25, 0.3) is 0 Å². The summed E-state index contributed by atoms with van der Waals surface area (Å²) in [5.74, 6) is 5.83. The smallest absolute Gasteiger partial charge is 0.158 e. The maximum absolute atomic E-state index is 8.90. The van der Waals surface area contributed by atoms with Gasteiger partial charge in [-0.3, -0.25) is 9.88 Å². The Kier molecular flexibility index (Phi) is 4.86. The maximum atomic E-state index is 8.90. The van der Waals surface area contributed by atoms with Crippen molar-refractivity contribution in [1.82, 2.24) is 14.9 Å². The summed E-state index contributed by atoms with van der Waals surface area (Å²) in [5, 5.41) is 8.90. The largest absolute Gasteiger partial charge is 0.396 e. The van der Waals surface area contributed by atoms with Crippen LogP contribution in [-0.2, 0) is 6.54 Å². The molecular formula is C12H21N5O. The summed E-state index contributed by atoms with van der Waals surface area (Å²) in [7, 11) is 0. The van der Waals surface area contributed by atoms with Crippen LogP contribution in [0.15, 0.2) is 12.4 Å². The lowest BCUT2D eigenvalue weighted by Crippen LogP contribution is -2.29. The van der Waals surface area contributed by atoms with Gasteiger partial charge >= 0.3 is 0 Å². The van der Waals surface area contributed by atoms with Crippen LogP contribution < -0.4 is 11.3 Å². The Balaban J connectivity index is 1.90. The summed E-state index contributed by atoms with van der Waals surface area (Å²) in [6, 6.07) is 0.575. The van der Waals surface area contributed by atoms with Gasteiger partial charge in [0.2, 0.25) is 0 Å². The van der Waals surface area contributed by atoms with E-state index in [0.717, 1.165) is 31.6 Å². The molecule has 6 heteroatoms. The molecule has 4 N–H and O–H groups in total. The number of nitrogens with two attached hydrogens (primary N) is 1. The van der Waals surface area contributed by atoms with Gasteiger partial charge in [0, 0.05) is 19.2 Å². The van der Waals surface area contributed by atoms with Crippen molar-refractivity contribution in [3.63, 3.8) is 0 Å². The molecule has 0 radical (unpaired) electrons. The summed E-state index contributed by atoms with van der Waals surface area (Å²) in [6.07, 6.45) is 7.79. The fourth-order valence-electron chi connectivity index (χ4n) is 2.48. The fraction of sp³-hybridized carbons (Fsp3) is 0.667. The third kappa shape index (κ3) is 3.38. The van der Waals surface area contributed by atoms with Gasteiger partial charge in [-0.05, 0) is 32.2 Å². The number of anilines is 1. The van der Waals surface area contributed by atoms with Crippen LogP contribution >= 0.6 is 0 Å². The van der Waals surface area contributed by atoms with Crippen molar-refractivity contribution < 1.29 is 5.11 Å². The molecule has 1 aliphatic heterocycles. The van der Waals surface area contributed by atoms with Crippen molar-refractivity contribution in [2.24, 2.45) is 5.84 Å². The topological polar surface area (TPSA) is 87.3 Å². The second-order valence-electron chi connectivity index (χ2n) is 4.67. The number of likely N-dealkylation sites (tertiary alicyclic amines) is 1. The Bertz CT molecular complexity index is 356. The van der Waals surface area contributed by atoms with E-state index in [1.807, 2.05) is 0 Å². The Morgan fingerprint density at radius 3 is 3.00 bits per heavy atom. The van der Waals surface area contributed by atoms with Gasteiger partial charge in [-0.2, -0.15) is 0 Å². The standard InChI is InChI=1S/C12H21N5O/c13-16-12-8-14-10(7-15-12)9-17-5-1-3-11(17)4-2-6-18/h7-8,11,18H,1-6,9,13H2,(H,15,16). The van der Waals surface area contributed by atoms with Gasteiger partial charge in [0.25, 0.3) is 0 Å². The first-order valence-corrected chi connectivity index (χ1v) is 6.46. The zero-order chi connectivity index (χ0) is 12.8. The molecule has 1 unspecified atom stereocenters. The minimum Gasteiger partial charge on any atom is -0.396 e. The third-order valence-electron chi connectivity index (χ3n) is 3.41. The molecule has 0 bridgehead atoms. The molecule has 1 fully saturated rings. The normalized spacial score (nSPS) is 20.2. The van der Waals surface area contributed by atoms with Gasteiger partial charge in [0.15, 0.2) is 5.82 Å². The van der Waals surface area contributed by atoms with Crippen LogP contribution in [0.5, 0.6) is 0 Å². The van der Waals surface area contributed by atoms with E-state index in [1.165, 1.54) is 12.8 Å². The SMILES string of the molecule is NNc1cnc(CN2CCCC2CCCO)cn1. The lowest BCUT2D eigenvalue weighted by molar-refractivity contribution is 0.208. The quantitative estimate of drug-likeness (QED) is 0.504. The summed E-state index contributed by atoms with van der Waals surface area (Å²) < 4.78 is 0. The van der Waals surface area contributed by atoms with Crippen molar-refractivity contribution in [1.29, 1.82) is 0 Å². The molecule has 2 rings (SSSR count). The number of nitrogens with zero attached hydrogens (tertiary/aromatic N) is 3. The molecule has 18 heavy (non-hydrogen) atoms. The molecule has 0 aliphatic carbocycles. The molecule has 0 saturated carbocycles. The number of aliphatic hydroxyl groups is 1. The molecule has 0 spiro atoms. The molecular weight excluding hydrogens is 230 g/mol. The second kappa shape index (κ2) is 6.63. The third-order valence-corrected chi connectivity index (χ3v) is 3.41. The summed E-state index contributed by atoms with van der Waals surface area (Å²) in [5.41, 5.74) is 3.43. The van der Waals surface area contributed by atoms with E-state index in [9.17, 15) is 0 Å². The number of aliphatic hydroxyl groups excluding tert-OH is 1. The van der Waals surface area contributed by atoms with Crippen LogP contribution in [0.3, 0.4) is 0 Å². The highest BCUT2D eigenvalue weighted by Gasteiger charge is 2.24. The van der Waals surface area contributed by atoms with E-state index in [2.05, 4.69) is 20.3 Å². The van der Waals surface area contributed by atoms with Crippen LogP contribution in [0, 0.1) is 0 Å². The van der Waals surface area contributed by atoms with E-state index in [-0.39, 0.29) is 6.61 Å². The number of hydrogen-bond donors (Lipinski definition) is 3. The highest BCUT2D eigenvalue weighted by atomic mass is 16.2. The minimum absolute atomic E-state index is 0.279. The zero-order valence-electron chi connectivity index (χ0n) is 10.5. The Morgan fingerprint density at radius 1 is 1.44 bits per heavy atom. The number of rotatable bonds is 6. The van der Waals surface area contributed by atoms with E-state index >= 15 is 0 Å². The fourth-order valence-corrected chi connectivity index (χ4v) is 2.48. The average Bonchev–Trinajstić information content (AvgIpc) is 2.84. The second-order valence-corrected chi connectivity index (χ2v) is 4.67. The van der Waals surface area contributed by atoms with Crippen LogP contribution in [0.1, 0.15) is 31.4 Å². The van der Waals surface area contributed by atoms with Gasteiger partial charge in [-0.25, -0.2) is 10.8 Å². The molecule has 1 aromatic heterocycles. The number of nitrogen functional groups attached to an aromatic ring is 1. The Hall–Kier alpha value is -1.24. The van der Waals surface area contributed by atoms with Gasteiger partial charge in [0.05, 0.1) is 18.1 Å². The van der Waals surface area contributed by atoms with Gasteiger partial charge in [-0.1, -0.05) is 0 Å². The lowest BCUT2D eigenvalue weighted by atomic mass is 10.1. The van der Waals surface area contributed by atoms with Gasteiger partial charge in [-0.15, -0.1) is 0 Å². The summed E-state index contributed by atoms with van der Waals surface area (Å²) in [4.78, 5) is 10.9. The Labute approximate surface area is 107 Å². The first kappa shape index (κ1) is 13.2. The predicted molar refractivity (Wildman–Crippen MR) is 69.6 cm³/mol. The van der Waals surface area contributed by atoms with Crippen molar-refractivity contribution in [2.45, 2.75) is 38.3 Å². The highest BCUT2D eigenvalue weighted by molar-refractivity contribution is 5.28. The first-order valence-electron chi connectivity index (χ1n) is 6.46. The summed E-state index contributed by atoms with van der Waals surface area (Å²) >= 11 is 0. The molecule has 100 valence electrons. The number of nitrogens with one attached hydrogen (secondary N) is 1. The number of hydrazine groups is 1. The molecule has 1 saturated heterocycles. The monoisotopic (exact) mass is 251 g/mol. The van der Waals surface area contributed by atoms with E-state index < -0.39 is 0 Å². The summed E-state index contributed by atoms with van der Waals surface area (Å²) in [6.45, 7) is 2.21. The Morgan fingerprint density at radius 2 is 2.33 bits per heavy atom. The number of aromatic nitrogens is 2. The zero-order valence-corrected chi connectivity index (χ0v) is 10.5.